The average Bonchev–Trinajstić information content (AvgIpc) is 3.01. The molecule has 0 spiro atoms. The molecule has 2 aromatic heterocycles. The van der Waals surface area contributed by atoms with Crippen molar-refractivity contribution in [2.45, 2.75) is 26.1 Å². The lowest BCUT2D eigenvalue weighted by Gasteiger charge is -2.10. The van der Waals surface area contributed by atoms with Gasteiger partial charge in [-0.25, -0.2) is 0 Å². The molecule has 1 N–H and O–H groups in total. The molecule has 0 aliphatic rings. The van der Waals surface area contributed by atoms with E-state index in [-0.39, 0.29) is 35.8 Å². The maximum absolute atomic E-state index is 12.9. The predicted molar refractivity (Wildman–Crippen MR) is 108 cm³/mol. The van der Waals surface area contributed by atoms with Crippen molar-refractivity contribution in [1.29, 1.82) is 0 Å². The van der Waals surface area contributed by atoms with E-state index >= 15 is 0 Å². The number of anilines is 1. The van der Waals surface area contributed by atoms with E-state index in [1.165, 1.54) is 31.5 Å². The van der Waals surface area contributed by atoms with Crippen molar-refractivity contribution in [3.8, 4) is 11.5 Å². The molecule has 0 fully saturated rings. The van der Waals surface area contributed by atoms with Crippen LogP contribution in [0.15, 0.2) is 42.7 Å². The molecule has 0 bridgehead atoms. The number of nitro benzene ring substituents is 1. The molecule has 3 rings (SSSR count). The number of hydrogen-bond acceptors (Lipinski definition) is 6. The summed E-state index contributed by atoms with van der Waals surface area (Å²) < 4.78 is 45.3. The molecule has 0 aliphatic carbocycles. The third-order valence-corrected chi connectivity index (χ3v) is 4.66. The van der Waals surface area contributed by atoms with Gasteiger partial charge in [0, 0.05) is 24.8 Å². The van der Waals surface area contributed by atoms with E-state index in [0.29, 0.717) is 5.75 Å². The first-order valence-electron chi connectivity index (χ1n) is 9.02. The zero-order chi connectivity index (χ0) is 23.5. The minimum atomic E-state index is -4.72. The average molecular weight is 470 g/mol. The maximum atomic E-state index is 12.9. The highest BCUT2D eigenvalue weighted by Crippen LogP contribution is 2.35. The number of carbonyl (C=O) groups excluding carboxylic acids is 1. The van der Waals surface area contributed by atoms with Crippen molar-refractivity contribution >= 4 is 28.9 Å². The van der Waals surface area contributed by atoms with Crippen LogP contribution in [-0.2, 0) is 17.5 Å². The van der Waals surface area contributed by atoms with Gasteiger partial charge in [-0.05, 0) is 19.1 Å². The minimum Gasteiger partial charge on any atom is -0.455 e. The number of carbonyl (C=O) groups is 1. The highest BCUT2D eigenvalue weighted by Gasteiger charge is 2.38. The fraction of sp³-hybridized carbons (Fsp3) is 0.211. The zero-order valence-electron chi connectivity index (χ0n) is 16.4. The quantitative estimate of drug-likeness (QED) is 0.385. The number of ether oxygens (including phenoxy) is 1. The van der Waals surface area contributed by atoms with E-state index in [1.54, 1.807) is 12.1 Å². The number of halogens is 4. The van der Waals surface area contributed by atoms with Crippen molar-refractivity contribution in [3.05, 3.63) is 69.3 Å². The smallest absolute Gasteiger partial charge is 0.436 e. The fourth-order valence-electron chi connectivity index (χ4n) is 2.72. The summed E-state index contributed by atoms with van der Waals surface area (Å²) in [4.78, 5) is 26.7. The molecule has 13 heteroatoms. The van der Waals surface area contributed by atoms with Gasteiger partial charge >= 0.3 is 6.18 Å². The van der Waals surface area contributed by atoms with Gasteiger partial charge in [0.25, 0.3) is 5.69 Å². The van der Waals surface area contributed by atoms with Crippen LogP contribution in [0.5, 0.6) is 11.5 Å². The van der Waals surface area contributed by atoms with Crippen LogP contribution in [0.3, 0.4) is 0 Å². The van der Waals surface area contributed by atoms with Gasteiger partial charge in [0.15, 0.2) is 5.69 Å². The number of amides is 1. The molecule has 1 aromatic carbocycles. The molecule has 0 aliphatic heterocycles. The number of rotatable bonds is 7. The first kappa shape index (κ1) is 23.0. The van der Waals surface area contributed by atoms with Crippen LogP contribution < -0.4 is 10.1 Å². The summed E-state index contributed by atoms with van der Waals surface area (Å²) in [7, 11) is 0. The first-order chi connectivity index (χ1) is 15.0. The number of hydrogen-bond donors (Lipinski definition) is 1. The first-order valence-corrected chi connectivity index (χ1v) is 9.39. The van der Waals surface area contributed by atoms with Gasteiger partial charge < -0.3 is 10.1 Å². The largest absolute Gasteiger partial charge is 0.455 e. The number of alkyl halides is 3. The predicted octanol–water partition coefficient (Wildman–Crippen LogP) is 4.99. The summed E-state index contributed by atoms with van der Waals surface area (Å²) in [5.41, 5.74) is -1.41. The van der Waals surface area contributed by atoms with E-state index in [1.807, 2.05) is 0 Å². The van der Waals surface area contributed by atoms with E-state index < -0.39 is 27.7 Å². The second kappa shape index (κ2) is 9.22. The van der Waals surface area contributed by atoms with Gasteiger partial charge in [-0.2, -0.15) is 18.3 Å². The summed E-state index contributed by atoms with van der Waals surface area (Å²) >= 11 is 5.69. The molecule has 32 heavy (non-hydrogen) atoms. The van der Waals surface area contributed by atoms with Crippen LogP contribution in [0.4, 0.5) is 24.5 Å². The Labute approximate surface area is 183 Å². The number of non-ortho nitro benzene ring substituents is 1. The Bertz CT molecular complexity index is 1150. The Morgan fingerprint density at radius 3 is 2.66 bits per heavy atom. The maximum Gasteiger partial charge on any atom is 0.436 e. The van der Waals surface area contributed by atoms with Gasteiger partial charge in [-0.15, -0.1) is 0 Å². The van der Waals surface area contributed by atoms with Gasteiger partial charge in [-0.1, -0.05) is 11.6 Å². The molecule has 168 valence electrons. The molecular weight excluding hydrogens is 455 g/mol. The Balaban J connectivity index is 1.73. The molecule has 0 radical (unpaired) electrons. The Kier molecular flexibility index (Phi) is 6.63. The molecule has 0 saturated carbocycles. The molecule has 9 nitrogen and oxygen atoms in total. The molecular formula is C19H15ClF3N5O4. The van der Waals surface area contributed by atoms with Gasteiger partial charge in [0.2, 0.25) is 5.91 Å². The van der Waals surface area contributed by atoms with Gasteiger partial charge in [0.05, 0.1) is 40.1 Å². The number of nitrogens with zero attached hydrogens (tertiary/aromatic N) is 4. The summed E-state index contributed by atoms with van der Waals surface area (Å²) in [5.74, 6) is -0.179. The monoisotopic (exact) mass is 469 g/mol. The lowest BCUT2D eigenvalue weighted by molar-refractivity contribution is -0.384. The lowest BCUT2D eigenvalue weighted by Crippen LogP contribution is -2.16. The Morgan fingerprint density at radius 1 is 1.31 bits per heavy atom. The molecule has 3 aromatic rings. The number of nitrogens with one attached hydrogen (secondary N) is 1. The normalized spacial score (nSPS) is 11.3. The highest BCUT2D eigenvalue weighted by molar-refractivity contribution is 6.31. The van der Waals surface area contributed by atoms with Crippen molar-refractivity contribution in [3.63, 3.8) is 0 Å². The van der Waals surface area contributed by atoms with Crippen LogP contribution in [0.1, 0.15) is 17.8 Å². The van der Waals surface area contributed by atoms with Crippen LogP contribution in [0, 0.1) is 17.0 Å². The molecule has 1 amide bonds. The van der Waals surface area contributed by atoms with Crippen LogP contribution in [0.25, 0.3) is 0 Å². The summed E-state index contributed by atoms with van der Waals surface area (Å²) in [5, 5.41) is 16.6. The minimum absolute atomic E-state index is 0.0642. The van der Waals surface area contributed by atoms with Crippen molar-refractivity contribution in [1.82, 2.24) is 14.8 Å². The van der Waals surface area contributed by atoms with Crippen molar-refractivity contribution in [2.24, 2.45) is 0 Å². The highest BCUT2D eigenvalue weighted by atomic mass is 35.5. The Morgan fingerprint density at radius 2 is 2.06 bits per heavy atom. The van der Waals surface area contributed by atoms with E-state index in [4.69, 9.17) is 16.3 Å². The standard InChI is InChI=1S/C19H15ClF3N5O4/c1-11-17(20)18(19(21,22)23)26-27(11)6-4-16(29)25-12-7-13(28(30)31)9-15(8-12)32-14-3-2-5-24-10-14/h2-3,5,7-10H,4,6H2,1H3,(H,25,29). The Hall–Kier alpha value is -3.67. The summed E-state index contributed by atoms with van der Waals surface area (Å²) in [6.45, 7) is 1.17. The molecule has 0 saturated heterocycles. The lowest BCUT2D eigenvalue weighted by atomic mass is 10.2. The van der Waals surface area contributed by atoms with E-state index in [0.717, 1.165) is 10.7 Å². The van der Waals surface area contributed by atoms with Crippen LogP contribution in [0.2, 0.25) is 5.02 Å². The topological polar surface area (TPSA) is 112 Å². The number of nitro groups is 1. The van der Waals surface area contributed by atoms with Crippen molar-refractivity contribution < 1.29 is 27.6 Å². The summed E-state index contributed by atoms with van der Waals surface area (Å²) in [6, 6.07) is 6.89. The molecule has 0 unspecified atom stereocenters. The van der Waals surface area contributed by atoms with Gasteiger partial charge in [-0.3, -0.25) is 24.6 Å². The van der Waals surface area contributed by atoms with E-state index in [9.17, 15) is 28.1 Å². The number of pyridine rings is 1. The third-order valence-electron chi connectivity index (χ3n) is 4.21. The van der Waals surface area contributed by atoms with Gasteiger partial charge in [0.1, 0.15) is 11.5 Å². The fourth-order valence-corrected chi connectivity index (χ4v) is 2.96. The SMILES string of the molecule is Cc1c(Cl)c(C(F)(F)F)nn1CCC(=O)Nc1cc(Oc2cccnc2)cc([N+](=O)[O-])c1. The van der Waals surface area contributed by atoms with E-state index in [2.05, 4.69) is 15.4 Å². The second-order valence-corrected chi connectivity index (χ2v) is 6.91. The zero-order valence-corrected chi connectivity index (χ0v) is 17.1. The van der Waals surface area contributed by atoms with Crippen LogP contribution >= 0.6 is 11.6 Å². The number of aromatic nitrogens is 3. The van der Waals surface area contributed by atoms with Crippen molar-refractivity contribution in [2.75, 3.05) is 5.32 Å². The third kappa shape index (κ3) is 5.52. The van der Waals surface area contributed by atoms with Crippen LogP contribution in [-0.4, -0.2) is 25.6 Å². The number of aryl methyl sites for hydroxylation is 1. The molecule has 2 heterocycles. The summed E-state index contributed by atoms with van der Waals surface area (Å²) in [6.07, 6.45) is -2.04. The number of benzene rings is 1. The molecule has 0 atom stereocenters. The second-order valence-electron chi connectivity index (χ2n) is 6.53.